The molecule has 26 heavy (non-hydrogen) atoms. The van der Waals surface area contributed by atoms with Gasteiger partial charge in [0.05, 0.1) is 26.0 Å². The van der Waals surface area contributed by atoms with Crippen molar-refractivity contribution in [3.05, 3.63) is 47.4 Å². The average Bonchev–Trinajstić information content (AvgIpc) is 3.21. The Morgan fingerprint density at radius 3 is 2.15 bits per heavy atom. The number of hydrogen-bond acceptors (Lipinski definition) is 5. The Bertz CT molecular complexity index is 793. The maximum absolute atomic E-state index is 12.9. The van der Waals surface area contributed by atoms with E-state index in [1.54, 1.807) is 48.3 Å². The molecule has 1 aromatic heterocycles. The van der Waals surface area contributed by atoms with Crippen molar-refractivity contribution in [1.82, 2.24) is 9.80 Å². The summed E-state index contributed by atoms with van der Waals surface area (Å²) in [5.74, 6) is 1.24. The second-order valence-corrected chi connectivity index (χ2v) is 6.04. The lowest BCUT2D eigenvalue weighted by molar-refractivity contribution is 0.0516. The van der Waals surface area contributed by atoms with Gasteiger partial charge in [-0.3, -0.25) is 9.59 Å². The lowest BCUT2D eigenvalue weighted by Crippen LogP contribution is -2.50. The third kappa shape index (κ3) is 3.24. The summed E-state index contributed by atoms with van der Waals surface area (Å²) in [4.78, 5) is 28.7. The van der Waals surface area contributed by atoms with Crippen LogP contribution in [0, 0.1) is 6.92 Å². The number of nitrogens with zero attached hydrogens (tertiary/aromatic N) is 2. The van der Waals surface area contributed by atoms with Crippen molar-refractivity contribution in [2.45, 2.75) is 6.92 Å². The molecule has 7 nitrogen and oxygen atoms in total. The third-order valence-corrected chi connectivity index (χ3v) is 4.60. The Morgan fingerprint density at radius 1 is 0.962 bits per heavy atom. The minimum Gasteiger partial charge on any atom is -0.496 e. The molecule has 1 saturated heterocycles. The summed E-state index contributed by atoms with van der Waals surface area (Å²) in [5, 5.41) is 0. The summed E-state index contributed by atoms with van der Waals surface area (Å²) in [7, 11) is 3.12. The van der Waals surface area contributed by atoms with E-state index in [1.165, 1.54) is 6.26 Å². The van der Waals surface area contributed by atoms with Gasteiger partial charge in [0, 0.05) is 31.7 Å². The van der Waals surface area contributed by atoms with Gasteiger partial charge in [-0.05, 0) is 31.2 Å². The number of ether oxygens (including phenoxy) is 2. The fourth-order valence-corrected chi connectivity index (χ4v) is 3.17. The van der Waals surface area contributed by atoms with E-state index in [0.29, 0.717) is 49.0 Å². The van der Waals surface area contributed by atoms with Gasteiger partial charge in [0.1, 0.15) is 11.5 Å². The molecule has 1 fully saturated rings. The lowest BCUT2D eigenvalue weighted by Gasteiger charge is -2.34. The summed E-state index contributed by atoms with van der Waals surface area (Å²) in [5.41, 5.74) is 1.28. The van der Waals surface area contributed by atoms with Crippen LogP contribution in [0.1, 0.15) is 26.5 Å². The molecule has 1 aromatic carbocycles. The van der Waals surface area contributed by atoms with E-state index in [2.05, 4.69) is 0 Å². The van der Waals surface area contributed by atoms with Crippen LogP contribution in [0.4, 0.5) is 0 Å². The topological polar surface area (TPSA) is 72.2 Å². The number of furan rings is 1. The Morgan fingerprint density at radius 2 is 1.62 bits per heavy atom. The zero-order chi connectivity index (χ0) is 18.7. The molecule has 2 aromatic rings. The van der Waals surface area contributed by atoms with Crippen LogP contribution in [0.5, 0.6) is 11.5 Å². The summed E-state index contributed by atoms with van der Waals surface area (Å²) in [6.45, 7) is 3.69. The van der Waals surface area contributed by atoms with Crippen LogP contribution in [0.2, 0.25) is 0 Å². The normalized spacial score (nSPS) is 14.3. The summed E-state index contributed by atoms with van der Waals surface area (Å²) < 4.78 is 15.9. The standard InChI is InChI=1S/C19H22N2O5/c1-13-15(24-2)7-6-14(17(13)25-3)18(22)20-8-10-21(11-9-20)19(23)16-5-4-12-26-16/h4-7,12H,8-11H2,1-3H3. The Balaban J connectivity index is 1.71. The number of piperazine rings is 1. The van der Waals surface area contributed by atoms with Crippen molar-refractivity contribution in [1.29, 1.82) is 0 Å². The first-order valence-corrected chi connectivity index (χ1v) is 8.40. The van der Waals surface area contributed by atoms with Crippen LogP contribution in [-0.2, 0) is 0 Å². The number of hydrogen-bond donors (Lipinski definition) is 0. The Kier molecular flexibility index (Phi) is 5.16. The van der Waals surface area contributed by atoms with E-state index in [1.807, 2.05) is 6.92 Å². The molecule has 2 heterocycles. The van der Waals surface area contributed by atoms with Crippen molar-refractivity contribution in [3.8, 4) is 11.5 Å². The molecule has 0 aliphatic carbocycles. The van der Waals surface area contributed by atoms with E-state index >= 15 is 0 Å². The van der Waals surface area contributed by atoms with E-state index in [9.17, 15) is 9.59 Å². The number of rotatable bonds is 4. The van der Waals surface area contributed by atoms with E-state index in [4.69, 9.17) is 13.9 Å². The molecule has 2 amide bonds. The third-order valence-electron chi connectivity index (χ3n) is 4.60. The molecule has 0 N–H and O–H groups in total. The molecule has 7 heteroatoms. The molecule has 0 atom stereocenters. The fraction of sp³-hybridized carbons (Fsp3) is 0.368. The number of carbonyl (C=O) groups is 2. The van der Waals surface area contributed by atoms with Crippen molar-refractivity contribution in [2.24, 2.45) is 0 Å². The zero-order valence-electron chi connectivity index (χ0n) is 15.2. The van der Waals surface area contributed by atoms with Gasteiger partial charge < -0.3 is 23.7 Å². The second-order valence-electron chi connectivity index (χ2n) is 6.04. The van der Waals surface area contributed by atoms with Gasteiger partial charge in [-0.25, -0.2) is 0 Å². The fourth-order valence-electron chi connectivity index (χ4n) is 3.17. The minimum atomic E-state index is -0.153. The summed E-state index contributed by atoms with van der Waals surface area (Å²) >= 11 is 0. The number of carbonyl (C=O) groups excluding carboxylic acids is 2. The van der Waals surface area contributed by atoms with E-state index < -0.39 is 0 Å². The number of benzene rings is 1. The first kappa shape index (κ1) is 17.8. The van der Waals surface area contributed by atoms with E-state index in [0.717, 1.165) is 5.56 Å². The quantitative estimate of drug-likeness (QED) is 0.838. The van der Waals surface area contributed by atoms with Gasteiger partial charge in [0.25, 0.3) is 11.8 Å². The van der Waals surface area contributed by atoms with Crippen LogP contribution >= 0.6 is 0 Å². The SMILES string of the molecule is COc1ccc(C(=O)N2CCN(C(=O)c3ccco3)CC2)c(OC)c1C. The largest absolute Gasteiger partial charge is 0.496 e. The molecule has 0 saturated carbocycles. The highest BCUT2D eigenvalue weighted by Gasteiger charge is 2.28. The molecule has 0 radical (unpaired) electrons. The molecule has 1 aliphatic rings. The maximum atomic E-state index is 12.9. The molecule has 0 spiro atoms. The van der Waals surface area contributed by atoms with Crippen LogP contribution in [0.15, 0.2) is 34.9 Å². The monoisotopic (exact) mass is 358 g/mol. The average molecular weight is 358 g/mol. The molecular weight excluding hydrogens is 336 g/mol. The summed E-state index contributed by atoms with van der Waals surface area (Å²) in [6, 6.07) is 6.81. The van der Waals surface area contributed by atoms with E-state index in [-0.39, 0.29) is 11.8 Å². The van der Waals surface area contributed by atoms with Gasteiger partial charge in [-0.1, -0.05) is 0 Å². The maximum Gasteiger partial charge on any atom is 0.289 e. The van der Waals surface area contributed by atoms with Crippen LogP contribution in [0.3, 0.4) is 0 Å². The van der Waals surface area contributed by atoms with Gasteiger partial charge >= 0.3 is 0 Å². The highest BCUT2D eigenvalue weighted by molar-refractivity contribution is 5.98. The Labute approximate surface area is 152 Å². The van der Waals surface area contributed by atoms with Gasteiger partial charge in [-0.15, -0.1) is 0 Å². The molecule has 0 unspecified atom stereocenters. The van der Waals surface area contributed by atoms with Crippen molar-refractivity contribution >= 4 is 11.8 Å². The molecule has 138 valence electrons. The first-order chi connectivity index (χ1) is 12.6. The molecule has 3 rings (SSSR count). The lowest BCUT2D eigenvalue weighted by atomic mass is 10.1. The number of methoxy groups -OCH3 is 2. The van der Waals surface area contributed by atoms with Crippen LogP contribution < -0.4 is 9.47 Å². The predicted molar refractivity (Wildman–Crippen MR) is 94.8 cm³/mol. The first-order valence-electron chi connectivity index (χ1n) is 8.40. The van der Waals surface area contributed by atoms with Gasteiger partial charge in [0.15, 0.2) is 5.76 Å². The highest BCUT2D eigenvalue weighted by atomic mass is 16.5. The molecule has 0 bridgehead atoms. The Hall–Kier alpha value is -2.96. The van der Waals surface area contributed by atoms with Crippen LogP contribution in [-0.4, -0.2) is 62.0 Å². The predicted octanol–water partition coefficient (Wildman–Crippen LogP) is 2.20. The smallest absolute Gasteiger partial charge is 0.289 e. The zero-order valence-corrected chi connectivity index (χ0v) is 15.2. The number of amides is 2. The van der Waals surface area contributed by atoms with Gasteiger partial charge in [0.2, 0.25) is 0 Å². The van der Waals surface area contributed by atoms with Crippen molar-refractivity contribution < 1.29 is 23.5 Å². The summed E-state index contributed by atoms with van der Waals surface area (Å²) in [6.07, 6.45) is 1.48. The van der Waals surface area contributed by atoms with Crippen molar-refractivity contribution in [2.75, 3.05) is 40.4 Å². The minimum absolute atomic E-state index is 0.113. The van der Waals surface area contributed by atoms with Crippen molar-refractivity contribution in [3.63, 3.8) is 0 Å². The highest BCUT2D eigenvalue weighted by Crippen LogP contribution is 2.32. The second kappa shape index (κ2) is 7.51. The van der Waals surface area contributed by atoms with Crippen LogP contribution in [0.25, 0.3) is 0 Å². The molecule has 1 aliphatic heterocycles. The van der Waals surface area contributed by atoms with Gasteiger partial charge in [-0.2, -0.15) is 0 Å². The molecular formula is C19H22N2O5.